The van der Waals surface area contributed by atoms with Crippen LogP contribution in [0.5, 0.6) is 0 Å². The van der Waals surface area contributed by atoms with E-state index in [2.05, 4.69) is 82.6 Å². The van der Waals surface area contributed by atoms with E-state index in [4.69, 9.17) is 23.2 Å². The molecule has 150 valence electrons. The van der Waals surface area contributed by atoms with E-state index in [1.807, 2.05) is 11.8 Å². The highest BCUT2D eigenvalue weighted by Gasteiger charge is 2.22. The zero-order chi connectivity index (χ0) is 20.1. The van der Waals surface area contributed by atoms with Crippen molar-refractivity contribution in [3.63, 3.8) is 0 Å². The number of nitrogens with zero attached hydrogens (tertiary/aromatic N) is 2. The van der Waals surface area contributed by atoms with Gasteiger partial charge in [0.1, 0.15) is 0 Å². The van der Waals surface area contributed by atoms with Gasteiger partial charge >= 0.3 is 0 Å². The first-order valence-electron chi connectivity index (χ1n) is 9.89. The van der Waals surface area contributed by atoms with Crippen molar-refractivity contribution in [2.75, 3.05) is 41.2 Å². The maximum atomic E-state index is 5.94. The van der Waals surface area contributed by atoms with Crippen LogP contribution in [0.1, 0.15) is 5.56 Å². The molecule has 5 heteroatoms. The largest absolute Gasteiger partial charge is 0.369 e. The molecule has 0 atom stereocenters. The van der Waals surface area contributed by atoms with Gasteiger partial charge in [-0.25, -0.2) is 0 Å². The van der Waals surface area contributed by atoms with Crippen LogP contribution >= 0.6 is 35.0 Å². The molecular weight excluding hydrogens is 419 g/mol. The average molecular weight is 443 g/mol. The molecule has 0 amide bonds. The van der Waals surface area contributed by atoms with E-state index < -0.39 is 0 Å². The second kappa shape index (κ2) is 9.80. The van der Waals surface area contributed by atoms with Gasteiger partial charge in [-0.15, -0.1) is 23.2 Å². The second-order valence-corrected chi connectivity index (χ2v) is 8.81. The van der Waals surface area contributed by atoms with Crippen LogP contribution < -0.4 is 9.80 Å². The fourth-order valence-electron chi connectivity index (χ4n) is 3.71. The Morgan fingerprint density at radius 3 is 1.83 bits per heavy atom. The second-order valence-electron chi connectivity index (χ2n) is 6.97. The molecule has 1 aliphatic heterocycles. The number of para-hydroxylation sites is 2. The summed E-state index contributed by atoms with van der Waals surface area (Å²) in [6.45, 7) is 2.57. The summed E-state index contributed by atoms with van der Waals surface area (Å²) in [5.74, 6) is 1.20. The topological polar surface area (TPSA) is 6.48 Å². The van der Waals surface area contributed by atoms with Crippen LogP contribution in [0.3, 0.4) is 0 Å². The molecule has 0 unspecified atom stereocenters. The van der Waals surface area contributed by atoms with E-state index in [-0.39, 0.29) is 0 Å². The minimum atomic E-state index is 0.602. The monoisotopic (exact) mass is 442 g/mol. The predicted molar refractivity (Wildman–Crippen MR) is 128 cm³/mol. The van der Waals surface area contributed by atoms with Crippen LogP contribution in [0.25, 0.3) is 0 Å². The van der Waals surface area contributed by atoms with Crippen LogP contribution in [0.4, 0.5) is 17.1 Å². The van der Waals surface area contributed by atoms with Gasteiger partial charge in [-0.05, 0) is 48.4 Å². The van der Waals surface area contributed by atoms with Crippen molar-refractivity contribution < 1.29 is 0 Å². The Hall–Kier alpha value is -1.81. The van der Waals surface area contributed by atoms with E-state index in [0.717, 1.165) is 26.1 Å². The Balaban J connectivity index is 1.51. The lowest BCUT2D eigenvalue weighted by atomic mass is 10.1. The number of fused-ring (bicyclic) bond motifs is 2. The van der Waals surface area contributed by atoms with Gasteiger partial charge in [0, 0.05) is 46.9 Å². The van der Waals surface area contributed by atoms with Crippen molar-refractivity contribution in [2.24, 2.45) is 0 Å². The van der Waals surface area contributed by atoms with Crippen molar-refractivity contribution in [1.29, 1.82) is 0 Å². The van der Waals surface area contributed by atoms with Gasteiger partial charge in [-0.3, -0.25) is 0 Å². The van der Waals surface area contributed by atoms with Crippen molar-refractivity contribution in [1.82, 2.24) is 0 Å². The van der Waals surface area contributed by atoms with E-state index in [0.29, 0.717) is 11.8 Å². The van der Waals surface area contributed by atoms with Gasteiger partial charge < -0.3 is 9.80 Å². The van der Waals surface area contributed by atoms with Crippen LogP contribution in [0.15, 0.2) is 82.6 Å². The first-order chi connectivity index (χ1) is 14.3. The number of hydrogen-bond donors (Lipinski definition) is 0. The SMILES string of the molecule is ClCCN(CCCl)c1ccc(CCN2c3ccccc3Sc3ccccc32)cc1. The highest BCUT2D eigenvalue weighted by Crippen LogP contribution is 2.47. The summed E-state index contributed by atoms with van der Waals surface area (Å²) in [6, 6.07) is 26.1. The molecule has 0 saturated carbocycles. The average Bonchev–Trinajstić information content (AvgIpc) is 2.77. The highest BCUT2D eigenvalue weighted by atomic mass is 35.5. The third-order valence-corrected chi connectivity index (χ3v) is 6.63. The zero-order valence-electron chi connectivity index (χ0n) is 16.2. The molecule has 1 aliphatic rings. The van der Waals surface area contributed by atoms with Gasteiger partial charge in [0.15, 0.2) is 0 Å². The molecule has 0 fully saturated rings. The number of benzene rings is 3. The summed E-state index contributed by atoms with van der Waals surface area (Å²) >= 11 is 13.7. The maximum Gasteiger partial charge on any atom is 0.0552 e. The summed E-state index contributed by atoms with van der Waals surface area (Å²) < 4.78 is 0. The first-order valence-corrected chi connectivity index (χ1v) is 11.8. The van der Waals surface area contributed by atoms with Gasteiger partial charge in [0.2, 0.25) is 0 Å². The van der Waals surface area contributed by atoms with Crippen LogP contribution in [-0.4, -0.2) is 31.4 Å². The predicted octanol–water partition coefficient (Wildman–Crippen LogP) is 6.82. The molecule has 3 aromatic rings. The van der Waals surface area contributed by atoms with Crippen molar-refractivity contribution in [2.45, 2.75) is 16.2 Å². The molecule has 0 saturated heterocycles. The molecule has 2 nitrogen and oxygen atoms in total. The zero-order valence-corrected chi connectivity index (χ0v) is 18.6. The third-order valence-electron chi connectivity index (χ3n) is 5.17. The number of anilines is 3. The summed E-state index contributed by atoms with van der Waals surface area (Å²) in [5.41, 5.74) is 5.10. The van der Waals surface area contributed by atoms with E-state index >= 15 is 0 Å². The standard InChI is InChI=1S/C24H24Cl2N2S/c25-14-17-27(18-15-26)20-11-9-19(10-12-20)13-16-28-21-5-1-3-7-23(21)29-24-8-4-2-6-22(24)28/h1-12H,13-18H2. The number of hydrogen-bond acceptors (Lipinski definition) is 3. The van der Waals surface area contributed by atoms with E-state index in [1.54, 1.807) is 0 Å². The van der Waals surface area contributed by atoms with E-state index in [1.165, 1.54) is 32.4 Å². The molecule has 0 bridgehead atoms. The van der Waals surface area contributed by atoms with Crippen LogP contribution in [0.2, 0.25) is 0 Å². The van der Waals surface area contributed by atoms with Gasteiger partial charge in [-0.2, -0.15) is 0 Å². The molecule has 1 heterocycles. The Bertz CT molecular complexity index is 894. The van der Waals surface area contributed by atoms with Gasteiger partial charge in [0.05, 0.1) is 11.4 Å². The summed E-state index contributed by atoms with van der Waals surface area (Å²) in [6.07, 6.45) is 0.985. The van der Waals surface area contributed by atoms with Crippen molar-refractivity contribution in [3.05, 3.63) is 78.4 Å². The number of halogens is 2. The van der Waals surface area contributed by atoms with Crippen LogP contribution in [-0.2, 0) is 6.42 Å². The lowest BCUT2D eigenvalue weighted by Crippen LogP contribution is -2.27. The molecule has 29 heavy (non-hydrogen) atoms. The third kappa shape index (κ3) is 4.69. The lowest BCUT2D eigenvalue weighted by Gasteiger charge is -2.32. The fourth-order valence-corrected chi connectivity index (χ4v) is 5.21. The fraction of sp³-hybridized carbons (Fsp3) is 0.250. The number of rotatable bonds is 8. The lowest BCUT2D eigenvalue weighted by molar-refractivity contribution is 0.869. The highest BCUT2D eigenvalue weighted by molar-refractivity contribution is 7.99. The quantitative estimate of drug-likeness (QED) is 0.353. The Morgan fingerprint density at radius 2 is 1.28 bits per heavy atom. The molecular formula is C24H24Cl2N2S. The molecule has 4 rings (SSSR count). The molecule has 0 aromatic heterocycles. The molecule has 0 spiro atoms. The van der Waals surface area contributed by atoms with Crippen molar-refractivity contribution in [3.8, 4) is 0 Å². The summed E-state index contributed by atoms with van der Waals surface area (Å²) in [7, 11) is 0. The molecule has 0 aliphatic carbocycles. The maximum absolute atomic E-state index is 5.94. The Morgan fingerprint density at radius 1 is 0.724 bits per heavy atom. The molecule has 0 N–H and O–H groups in total. The number of alkyl halides is 2. The molecule has 0 radical (unpaired) electrons. The van der Waals surface area contributed by atoms with Gasteiger partial charge in [-0.1, -0.05) is 48.2 Å². The minimum Gasteiger partial charge on any atom is -0.369 e. The van der Waals surface area contributed by atoms with Crippen LogP contribution in [0, 0.1) is 0 Å². The van der Waals surface area contributed by atoms with Crippen molar-refractivity contribution >= 4 is 52.0 Å². The molecule has 3 aromatic carbocycles. The summed E-state index contributed by atoms with van der Waals surface area (Å²) in [5, 5.41) is 0. The Labute approximate surface area is 187 Å². The minimum absolute atomic E-state index is 0.602. The van der Waals surface area contributed by atoms with Gasteiger partial charge in [0.25, 0.3) is 0 Å². The smallest absolute Gasteiger partial charge is 0.0552 e. The van der Waals surface area contributed by atoms with E-state index in [9.17, 15) is 0 Å². The Kier molecular flexibility index (Phi) is 6.91. The summed E-state index contributed by atoms with van der Waals surface area (Å²) in [4.78, 5) is 7.32. The first kappa shape index (κ1) is 20.5. The normalized spacial score (nSPS) is 12.4.